The normalized spacial score (nSPS) is 19.2. The van der Waals surface area contributed by atoms with Crippen LogP contribution in [0.1, 0.15) is 61.3 Å². The summed E-state index contributed by atoms with van der Waals surface area (Å²) in [4.78, 5) is 67.0. The number of hydrogen-bond acceptors (Lipinski definition) is 6. The fourth-order valence-corrected chi connectivity index (χ4v) is 4.89. The van der Waals surface area contributed by atoms with Gasteiger partial charge < -0.3 is 25.2 Å². The van der Waals surface area contributed by atoms with Crippen LogP contribution in [0.5, 0.6) is 0 Å². The summed E-state index contributed by atoms with van der Waals surface area (Å²) >= 11 is 0. The number of benzene rings is 1. The molecule has 2 aliphatic heterocycles. The minimum absolute atomic E-state index is 0.175. The van der Waals surface area contributed by atoms with Crippen LogP contribution in [0.4, 0.5) is 13.2 Å². The van der Waals surface area contributed by atoms with Crippen molar-refractivity contribution < 1.29 is 41.9 Å². The number of morpholine rings is 1. The fourth-order valence-electron chi connectivity index (χ4n) is 4.89. The highest BCUT2D eigenvalue weighted by molar-refractivity contribution is 6.00. The zero-order chi connectivity index (χ0) is 30.5. The Bertz CT molecular complexity index is 1130. The molecule has 1 aromatic rings. The Labute approximate surface area is 236 Å². The van der Waals surface area contributed by atoms with Gasteiger partial charge in [-0.05, 0) is 48.9 Å². The smallest absolute Gasteiger partial charge is 0.378 e. The van der Waals surface area contributed by atoms with Crippen molar-refractivity contribution in [2.45, 2.75) is 64.8 Å². The van der Waals surface area contributed by atoms with Gasteiger partial charge in [0, 0.05) is 30.8 Å². The lowest BCUT2D eigenvalue weighted by Crippen LogP contribution is -2.58. The number of halogens is 3. The van der Waals surface area contributed by atoms with Gasteiger partial charge in [-0.1, -0.05) is 27.7 Å². The molecule has 2 saturated heterocycles. The second-order valence-corrected chi connectivity index (χ2v) is 11.0. The van der Waals surface area contributed by atoms with Crippen molar-refractivity contribution in [3.8, 4) is 0 Å². The highest BCUT2D eigenvalue weighted by Gasteiger charge is 2.46. The van der Waals surface area contributed by atoms with Gasteiger partial charge in [0.2, 0.25) is 11.8 Å². The number of amides is 4. The molecule has 1 unspecified atom stereocenters. The van der Waals surface area contributed by atoms with Crippen LogP contribution in [0.15, 0.2) is 24.3 Å². The molecular weight excluding hydrogens is 545 g/mol. The van der Waals surface area contributed by atoms with Crippen molar-refractivity contribution in [1.29, 1.82) is 0 Å². The quantitative estimate of drug-likeness (QED) is 0.460. The number of ether oxygens (including phenoxy) is 1. The number of nitrogens with one attached hydrogen (secondary N) is 2. The number of alkyl halides is 3. The average Bonchev–Trinajstić information content (AvgIpc) is 3.43. The zero-order valence-corrected chi connectivity index (χ0v) is 23.6. The molecule has 0 saturated carbocycles. The van der Waals surface area contributed by atoms with Crippen molar-refractivity contribution in [2.75, 3.05) is 32.8 Å². The number of hydrogen-bond donors (Lipinski definition) is 2. The summed E-state index contributed by atoms with van der Waals surface area (Å²) in [7, 11) is 0. The summed E-state index contributed by atoms with van der Waals surface area (Å²) in [5.41, 5.74) is 0.637. The molecule has 2 aliphatic rings. The highest BCUT2D eigenvalue weighted by Crippen LogP contribution is 2.24. The van der Waals surface area contributed by atoms with Crippen molar-refractivity contribution in [1.82, 2.24) is 20.4 Å². The number of ketones is 1. The van der Waals surface area contributed by atoms with Crippen LogP contribution >= 0.6 is 0 Å². The van der Waals surface area contributed by atoms with Crippen LogP contribution in [0.25, 0.3) is 0 Å². The number of Topliss-reactive ketones (excluding diaryl/α,β-unsaturated/α-hetero) is 1. The Hall–Kier alpha value is -3.48. The first kappa shape index (κ1) is 32.0. The lowest BCUT2D eigenvalue weighted by atomic mass is 9.98. The van der Waals surface area contributed by atoms with Gasteiger partial charge in [-0.25, -0.2) is 0 Å². The SMILES string of the molecule is CC(C)C(NC(=O)[C@@H]1CCCN1C(=O)[C@@H](NC(=O)c1ccc(C(=O)N2CCOCC2)cc1)C(C)C)C(=O)C(F)(F)F. The molecule has 41 heavy (non-hydrogen) atoms. The summed E-state index contributed by atoms with van der Waals surface area (Å²) in [6.07, 6.45) is -4.48. The third-order valence-electron chi connectivity index (χ3n) is 7.28. The summed E-state index contributed by atoms with van der Waals surface area (Å²) in [6, 6.07) is 2.16. The summed E-state index contributed by atoms with van der Waals surface area (Å²) in [5, 5.41) is 4.90. The summed E-state index contributed by atoms with van der Waals surface area (Å²) in [5.74, 6) is -5.38. The van der Waals surface area contributed by atoms with Crippen molar-refractivity contribution in [3.63, 3.8) is 0 Å². The van der Waals surface area contributed by atoms with Crippen molar-refractivity contribution in [2.24, 2.45) is 11.8 Å². The molecule has 0 spiro atoms. The highest BCUT2D eigenvalue weighted by atomic mass is 19.4. The topological polar surface area (TPSA) is 125 Å². The van der Waals surface area contributed by atoms with Gasteiger partial charge in [0.15, 0.2) is 0 Å². The molecule has 4 amide bonds. The van der Waals surface area contributed by atoms with Gasteiger partial charge in [-0.3, -0.25) is 24.0 Å². The van der Waals surface area contributed by atoms with Gasteiger partial charge in [0.1, 0.15) is 12.1 Å². The molecule has 0 aromatic heterocycles. The first-order chi connectivity index (χ1) is 19.2. The maximum atomic E-state index is 13.5. The second kappa shape index (κ2) is 13.5. The van der Waals surface area contributed by atoms with Crippen molar-refractivity contribution in [3.05, 3.63) is 35.4 Å². The monoisotopic (exact) mass is 582 g/mol. The van der Waals surface area contributed by atoms with Crippen LogP contribution in [-0.4, -0.2) is 96.4 Å². The Kier molecular flexibility index (Phi) is 10.5. The first-order valence-corrected chi connectivity index (χ1v) is 13.7. The molecule has 0 aliphatic carbocycles. The molecular formula is C28H37F3N4O6. The van der Waals surface area contributed by atoms with Crippen LogP contribution in [0.2, 0.25) is 0 Å². The second-order valence-electron chi connectivity index (χ2n) is 11.0. The van der Waals surface area contributed by atoms with Gasteiger partial charge in [-0.2, -0.15) is 13.2 Å². The minimum atomic E-state index is -5.12. The van der Waals surface area contributed by atoms with E-state index in [-0.39, 0.29) is 30.4 Å². The maximum Gasteiger partial charge on any atom is 0.452 e. The van der Waals surface area contributed by atoms with Crippen LogP contribution < -0.4 is 10.6 Å². The number of likely N-dealkylation sites (tertiary alicyclic amines) is 1. The van der Waals surface area contributed by atoms with E-state index in [9.17, 15) is 37.1 Å². The third kappa shape index (κ3) is 7.84. The lowest BCUT2D eigenvalue weighted by Gasteiger charge is -2.32. The van der Waals surface area contributed by atoms with Crippen LogP contribution in [0, 0.1) is 11.8 Å². The Morgan fingerprint density at radius 3 is 1.95 bits per heavy atom. The number of rotatable bonds is 9. The fraction of sp³-hybridized carbons (Fsp3) is 0.607. The molecule has 226 valence electrons. The van der Waals surface area contributed by atoms with Gasteiger partial charge >= 0.3 is 6.18 Å². The molecule has 0 radical (unpaired) electrons. The van der Waals surface area contributed by atoms with Gasteiger partial charge in [0.25, 0.3) is 17.6 Å². The van der Waals surface area contributed by atoms with E-state index in [0.29, 0.717) is 38.3 Å². The lowest BCUT2D eigenvalue weighted by molar-refractivity contribution is -0.175. The molecule has 2 fully saturated rings. The van der Waals surface area contributed by atoms with E-state index in [1.165, 1.54) is 43.0 Å². The molecule has 2 heterocycles. The summed E-state index contributed by atoms with van der Waals surface area (Å²) in [6.45, 7) is 8.26. The van der Waals surface area contributed by atoms with Crippen molar-refractivity contribution >= 4 is 29.4 Å². The molecule has 0 bridgehead atoms. The maximum absolute atomic E-state index is 13.5. The molecule has 3 rings (SSSR count). The molecule has 13 heteroatoms. The van der Waals surface area contributed by atoms with E-state index >= 15 is 0 Å². The van der Waals surface area contributed by atoms with Crippen LogP contribution in [-0.2, 0) is 19.1 Å². The number of carbonyl (C=O) groups is 5. The first-order valence-electron chi connectivity index (χ1n) is 13.7. The average molecular weight is 583 g/mol. The van der Waals surface area contributed by atoms with E-state index in [4.69, 9.17) is 4.74 Å². The third-order valence-corrected chi connectivity index (χ3v) is 7.28. The van der Waals surface area contributed by atoms with Crippen LogP contribution in [0.3, 0.4) is 0 Å². The molecule has 3 atom stereocenters. The minimum Gasteiger partial charge on any atom is -0.378 e. The van der Waals surface area contributed by atoms with E-state index in [0.717, 1.165) is 0 Å². The van der Waals surface area contributed by atoms with Gasteiger partial charge in [-0.15, -0.1) is 0 Å². The Morgan fingerprint density at radius 1 is 0.854 bits per heavy atom. The largest absolute Gasteiger partial charge is 0.452 e. The summed E-state index contributed by atoms with van der Waals surface area (Å²) < 4.78 is 44.5. The Balaban J connectivity index is 1.69. The number of nitrogens with zero attached hydrogens (tertiary/aromatic N) is 2. The molecule has 10 nitrogen and oxygen atoms in total. The predicted molar refractivity (Wildman–Crippen MR) is 142 cm³/mol. The predicted octanol–water partition coefficient (Wildman–Crippen LogP) is 2.18. The zero-order valence-electron chi connectivity index (χ0n) is 23.6. The van der Waals surface area contributed by atoms with E-state index in [2.05, 4.69) is 10.6 Å². The van der Waals surface area contributed by atoms with E-state index in [1.54, 1.807) is 18.7 Å². The molecule has 1 aromatic carbocycles. The van der Waals surface area contributed by atoms with Gasteiger partial charge in [0.05, 0.1) is 19.3 Å². The van der Waals surface area contributed by atoms with E-state index in [1.807, 2.05) is 0 Å². The number of carbonyl (C=O) groups excluding carboxylic acids is 5. The molecule has 2 N–H and O–H groups in total. The van der Waals surface area contributed by atoms with E-state index < -0.39 is 53.7 Å². The Morgan fingerprint density at radius 2 is 1.41 bits per heavy atom. The standard InChI is InChI=1S/C28H37F3N4O6/c1-16(2)21(23(36)28(29,30)31)32-25(38)20-6-5-11-35(20)27(40)22(17(3)4)33-24(37)18-7-9-19(10-8-18)26(39)34-12-14-41-15-13-34/h7-10,16-17,20-22H,5-6,11-15H2,1-4H3,(H,32,38)(H,33,37)/t20-,21?,22-/m0/s1.